The van der Waals surface area contributed by atoms with E-state index in [0.29, 0.717) is 22.2 Å². The molecule has 0 saturated carbocycles. The van der Waals surface area contributed by atoms with Crippen LogP contribution in [0.25, 0.3) is 10.2 Å². The summed E-state index contributed by atoms with van der Waals surface area (Å²) in [5.74, 6) is -0.0567. The van der Waals surface area contributed by atoms with Crippen molar-refractivity contribution in [2.45, 2.75) is 6.42 Å². The molecule has 0 aliphatic rings. The average molecular weight is 436 g/mol. The molecule has 2 heterocycles. The van der Waals surface area contributed by atoms with Gasteiger partial charge in [-0.25, -0.2) is 4.98 Å². The number of thiazole rings is 1. The molecule has 1 amide bonds. The highest BCUT2D eigenvalue weighted by molar-refractivity contribution is 7.22. The van der Waals surface area contributed by atoms with E-state index in [1.54, 1.807) is 11.0 Å². The zero-order valence-electron chi connectivity index (χ0n) is 16.7. The number of anilines is 1. The van der Waals surface area contributed by atoms with E-state index >= 15 is 0 Å². The Morgan fingerprint density at radius 2 is 1.93 bits per heavy atom. The van der Waals surface area contributed by atoms with E-state index in [9.17, 15) is 4.79 Å². The van der Waals surface area contributed by atoms with Gasteiger partial charge in [0.25, 0.3) is 5.91 Å². The van der Waals surface area contributed by atoms with Crippen molar-refractivity contribution in [2.24, 2.45) is 0 Å². The van der Waals surface area contributed by atoms with Crippen LogP contribution in [-0.2, 0) is 0 Å². The number of carbonyl (C=O) groups excluding carboxylic acids is 1. The lowest BCUT2D eigenvalue weighted by atomic mass is 10.3. The van der Waals surface area contributed by atoms with Crippen molar-refractivity contribution in [3.63, 3.8) is 0 Å². The van der Waals surface area contributed by atoms with Crippen molar-refractivity contribution in [3.05, 3.63) is 35.0 Å². The number of ether oxygens (including phenoxy) is 2. The van der Waals surface area contributed by atoms with Gasteiger partial charge in [-0.15, -0.1) is 0 Å². The normalized spacial score (nSPS) is 11.1. The standard InChI is InChI=1S/C19H22ClN5O3S/c1-24(2)9-6-10-25(19-23-16-12(20)7-5-8-14(16)29-19)17(26)13-11-15(27-3)22-18(21-13)28-4/h5,7-8,11H,6,9-10H2,1-4H3. The number of hydrogen-bond donors (Lipinski definition) is 0. The van der Waals surface area contributed by atoms with E-state index < -0.39 is 0 Å². The molecular formula is C19H22ClN5O3S. The van der Waals surface area contributed by atoms with Crippen LogP contribution in [0.4, 0.5) is 5.13 Å². The first-order valence-electron chi connectivity index (χ1n) is 8.91. The van der Waals surface area contributed by atoms with Gasteiger partial charge in [0.1, 0.15) is 11.2 Å². The minimum atomic E-state index is -0.307. The van der Waals surface area contributed by atoms with Crippen molar-refractivity contribution < 1.29 is 14.3 Å². The second-order valence-electron chi connectivity index (χ2n) is 6.48. The lowest BCUT2D eigenvalue weighted by Gasteiger charge is -2.20. The predicted molar refractivity (Wildman–Crippen MR) is 115 cm³/mol. The Morgan fingerprint density at radius 3 is 2.59 bits per heavy atom. The molecule has 3 aromatic rings. The van der Waals surface area contributed by atoms with Crippen molar-refractivity contribution in [1.29, 1.82) is 0 Å². The Morgan fingerprint density at radius 1 is 1.14 bits per heavy atom. The number of halogens is 1. The highest BCUT2D eigenvalue weighted by Gasteiger charge is 2.24. The summed E-state index contributed by atoms with van der Waals surface area (Å²) in [5.41, 5.74) is 0.848. The Labute approximate surface area is 178 Å². The van der Waals surface area contributed by atoms with Crippen LogP contribution in [-0.4, -0.2) is 67.2 Å². The third kappa shape index (κ3) is 4.92. The Hall–Kier alpha value is -2.49. The van der Waals surface area contributed by atoms with E-state index in [4.69, 9.17) is 21.1 Å². The smallest absolute Gasteiger partial charge is 0.320 e. The zero-order valence-corrected chi connectivity index (χ0v) is 18.3. The van der Waals surface area contributed by atoms with Crippen molar-refractivity contribution in [2.75, 3.05) is 46.3 Å². The number of amides is 1. The fraction of sp³-hybridized carbons (Fsp3) is 0.368. The molecule has 0 atom stereocenters. The number of fused-ring (bicyclic) bond motifs is 1. The van der Waals surface area contributed by atoms with Crippen molar-refractivity contribution in [3.8, 4) is 11.9 Å². The number of methoxy groups -OCH3 is 2. The maximum absolute atomic E-state index is 13.4. The van der Waals surface area contributed by atoms with Crippen LogP contribution in [0.15, 0.2) is 24.3 Å². The van der Waals surface area contributed by atoms with E-state index in [0.717, 1.165) is 17.7 Å². The third-order valence-electron chi connectivity index (χ3n) is 4.11. The van der Waals surface area contributed by atoms with Gasteiger partial charge < -0.3 is 14.4 Å². The molecule has 29 heavy (non-hydrogen) atoms. The Kier molecular flexibility index (Phi) is 6.83. The summed E-state index contributed by atoms with van der Waals surface area (Å²) >= 11 is 7.69. The molecule has 0 bridgehead atoms. The number of para-hydroxylation sites is 1. The van der Waals surface area contributed by atoms with E-state index in [2.05, 4.69) is 19.9 Å². The molecule has 3 rings (SSSR count). The lowest BCUT2D eigenvalue weighted by molar-refractivity contribution is 0.0979. The number of benzene rings is 1. The highest BCUT2D eigenvalue weighted by atomic mass is 35.5. The monoisotopic (exact) mass is 435 g/mol. The van der Waals surface area contributed by atoms with Gasteiger partial charge in [0, 0.05) is 12.6 Å². The van der Waals surface area contributed by atoms with E-state index in [-0.39, 0.29) is 23.5 Å². The fourth-order valence-corrected chi connectivity index (χ4v) is 3.99. The summed E-state index contributed by atoms with van der Waals surface area (Å²) in [6.45, 7) is 1.30. The SMILES string of the molecule is COc1cc(C(=O)N(CCCN(C)C)c2nc3c(Cl)cccc3s2)nc(OC)n1. The molecule has 2 aromatic heterocycles. The molecule has 0 unspecified atom stereocenters. The van der Waals surface area contributed by atoms with Gasteiger partial charge in [0.15, 0.2) is 5.13 Å². The largest absolute Gasteiger partial charge is 0.481 e. The molecule has 1 aromatic carbocycles. The summed E-state index contributed by atoms with van der Waals surface area (Å²) in [7, 11) is 6.89. The highest BCUT2D eigenvalue weighted by Crippen LogP contribution is 2.33. The molecule has 0 spiro atoms. The molecule has 0 fully saturated rings. The molecule has 10 heteroatoms. The zero-order chi connectivity index (χ0) is 21.0. The minimum Gasteiger partial charge on any atom is -0.481 e. The van der Waals surface area contributed by atoms with Crippen LogP contribution >= 0.6 is 22.9 Å². The number of nitrogens with zero attached hydrogens (tertiary/aromatic N) is 5. The Bertz CT molecular complexity index is 988. The van der Waals surface area contributed by atoms with Gasteiger partial charge >= 0.3 is 6.01 Å². The molecule has 0 aliphatic heterocycles. The number of rotatable bonds is 8. The quantitative estimate of drug-likeness (QED) is 0.536. The van der Waals surface area contributed by atoms with Gasteiger partial charge in [-0.2, -0.15) is 9.97 Å². The number of aromatic nitrogens is 3. The summed E-state index contributed by atoms with van der Waals surface area (Å²) in [5, 5.41) is 1.12. The molecule has 0 saturated heterocycles. The van der Waals surface area contributed by atoms with Crippen LogP contribution in [0, 0.1) is 0 Å². The third-order valence-corrected chi connectivity index (χ3v) is 5.46. The first-order valence-corrected chi connectivity index (χ1v) is 10.1. The predicted octanol–water partition coefficient (Wildman–Crippen LogP) is 3.36. The van der Waals surface area contributed by atoms with Crippen LogP contribution in [0.1, 0.15) is 16.9 Å². The maximum atomic E-state index is 13.4. The molecule has 8 nitrogen and oxygen atoms in total. The molecule has 0 N–H and O–H groups in total. The van der Waals surface area contributed by atoms with Gasteiger partial charge in [0.05, 0.1) is 23.9 Å². The van der Waals surface area contributed by atoms with Gasteiger partial charge in [-0.3, -0.25) is 9.69 Å². The number of hydrogen-bond acceptors (Lipinski definition) is 8. The molecule has 0 radical (unpaired) electrons. The molecule has 0 aliphatic carbocycles. The van der Waals surface area contributed by atoms with Crippen LogP contribution in [0.3, 0.4) is 0 Å². The van der Waals surface area contributed by atoms with E-state index in [1.807, 2.05) is 26.2 Å². The summed E-state index contributed by atoms with van der Waals surface area (Å²) in [6.07, 6.45) is 0.766. The number of carbonyl (C=O) groups is 1. The maximum Gasteiger partial charge on any atom is 0.320 e. The first kappa shape index (κ1) is 21.2. The van der Waals surface area contributed by atoms with Crippen LogP contribution in [0.2, 0.25) is 5.02 Å². The average Bonchev–Trinajstić information content (AvgIpc) is 3.15. The van der Waals surface area contributed by atoms with Gasteiger partial charge in [0.2, 0.25) is 5.88 Å². The van der Waals surface area contributed by atoms with Crippen LogP contribution < -0.4 is 14.4 Å². The van der Waals surface area contributed by atoms with Crippen LogP contribution in [0.5, 0.6) is 11.9 Å². The molecule has 154 valence electrons. The van der Waals surface area contributed by atoms with Gasteiger partial charge in [-0.1, -0.05) is 29.0 Å². The summed E-state index contributed by atoms with van der Waals surface area (Å²) in [4.78, 5) is 29.9. The summed E-state index contributed by atoms with van der Waals surface area (Å²) in [6, 6.07) is 7.14. The first-order chi connectivity index (χ1) is 13.9. The Balaban J connectivity index is 2.00. The van der Waals surface area contributed by atoms with E-state index in [1.165, 1.54) is 31.6 Å². The topological polar surface area (TPSA) is 80.7 Å². The van der Waals surface area contributed by atoms with Crippen molar-refractivity contribution >= 4 is 44.2 Å². The second-order valence-corrected chi connectivity index (χ2v) is 7.90. The minimum absolute atomic E-state index is 0.0632. The second kappa shape index (κ2) is 9.34. The van der Waals surface area contributed by atoms with Crippen molar-refractivity contribution in [1.82, 2.24) is 19.9 Å². The lowest BCUT2D eigenvalue weighted by Crippen LogP contribution is -2.34. The van der Waals surface area contributed by atoms with Gasteiger partial charge in [-0.05, 0) is 39.2 Å². The summed E-state index contributed by atoms with van der Waals surface area (Å²) < 4.78 is 11.2. The fourth-order valence-electron chi connectivity index (χ4n) is 2.70. The molecular weight excluding hydrogens is 414 g/mol.